The fourth-order valence-corrected chi connectivity index (χ4v) is 2.58. The monoisotopic (exact) mass is 270 g/mol. The van der Waals surface area contributed by atoms with Gasteiger partial charge in [-0.2, -0.15) is 0 Å². The van der Waals surface area contributed by atoms with E-state index in [-0.39, 0.29) is 12.1 Å². The van der Waals surface area contributed by atoms with E-state index in [1.165, 1.54) is 0 Å². The van der Waals surface area contributed by atoms with Crippen LogP contribution >= 0.6 is 0 Å². The zero-order chi connectivity index (χ0) is 14.4. The number of urea groups is 1. The summed E-state index contributed by atoms with van der Waals surface area (Å²) < 4.78 is 0. The van der Waals surface area contributed by atoms with Gasteiger partial charge in [-0.15, -0.1) is 0 Å². The van der Waals surface area contributed by atoms with Crippen LogP contribution in [0.2, 0.25) is 0 Å². The van der Waals surface area contributed by atoms with Gasteiger partial charge in [0.1, 0.15) is 6.04 Å². The van der Waals surface area contributed by atoms with E-state index in [4.69, 9.17) is 5.11 Å². The fraction of sp³-hybridized carbons (Fsp3) is 0.857. The quantitative estimate of drug-likeness (QED) is 0.779. The molecule has 0 aromatic rings. The SMILES string of the molecule is CCC(NC(=O)N(CC(C)C)C1CCCC1)C(=O)O. The fourth-order valence-electron chi connectivity index (χ4n) is 2.58. The summed E-state index contributed by atoms with van der Waals surface area (Å²) in [6.45, 7) is 6.60. The second kappa shape index (κ2) is 7.36. The van der Waals surface area contributed by atoms with Gasteiger partial charge in [-0.3, -0.25) is 0 Å². The Morgan fingerprint density at radius 3 is 2.32 bits per heavy atom. The second-order valence-electron chi connectivity index (χ2n) is 5.73. The molecule has 5 nitrogen and oxygen atoms in total. The van der Waals surface area contributed by atoms with Crippen LogP contribution in [-0.2, 0) is 4.79 Å². The molecular weight excluding hydrogens is 244 g/mol. The van der Waals surface area contributed by atoms with Crippen molar-refractivity contribution < 1.29 is 14.7 Å². The van der Waals surface area contributed by atoms with Gasteiger partial charge in [0.2, 0.25) is 0 Å². The van der Waals surface area contributed by atoms with Gasteiger partial charge in [-0.05, 0) is 25.2 Å². The Morgan fingerprint density at radius 1 is 1.32 bits per heavy atom. The Kier molecular flexibility index (Phi) is 6.12. The van der Waals surface area contributed by atoms with Crippen LogP contribution < -0.4 is 5.32 Å². The van der Waals surface area contributed by atoms with E-state index in [1.807, 2.05) is 4.90 Å². The first kappa shape index (κ1) is 15.8. The molecule has 0 bridgehead atoms. The second-order valence-corrected chi connectivity index (χ2v) is 5.73. The smallest absolute Gasteiger partial charge is 0.326 e. The lowest BCUT2D eigenvalue weighted by Crippen LogP contribution is -2.51. The molecule has 1 atom stereocenters. The predicted octanol–water partition coefficient (Wildman–Crippen LogP) is 2.46. The third-order valence-corrected chi connectivity index (χ3v) is 3.59. The molecule has 19 heavy (non-hydrogen) atoms. The molecule has 5 heteroatoms. The van der Waals surface area contributed by atoms with Gasteiger partial charge in [0.25, 0.3) is 0 Å². The summed E-state index contributed by atoms with van der Waals surface area (Å²) in [5, 5.41) is 11.7. The molecule has 110 valence electrons. The molecule has 1 aliphatic carbocycles. The molecule has 1 aliphatic rings. The van der Waals surface area contributed by atoms with Crippen molar-refractivity contribution in [3.8, 4) is 0 Å². The average Bonchev–Trinajstić information content (AvgIpc) is 2.85. The number of hydrogen-bond donors (Lipinski definition) is 2. The number of amides is 2. The van der Waals surface area contributed by atoms with Gasteiger partial charge < -0.3 is 15.3 Å². The molecular formula is C14H26N2O3. The number of carboxylic acid groups (broad SMARTS) is 1. The van der Waals surface area contributed by atoms with Crippen molar-refractivity contribution in [2.75, 3.05) is 6.54 Å². The first-order valence-corrected chi connectivity index (χ1v) is 7.25. The van der Waals surface area contributed by atoms with Crippen LogP contribution in [0.15, 0.2) is 0 Å². The first-order chi connectivity index (χ1) is 8.95. The van der Waals surface area contributed by atoms with E-state index in [2.05, 4.69) is 19.2 Å². The molecule has 1 saturated carbocycles. The van der Waals surface area contributed by atoms with E-state index in [9.17, 15) is 9.59 Å². The number of nitrogens with zero attached hydrogens (tertiary/aromatic N) is 1. The Balaban J connectivity index is 2.67. The van der Waals surface area contributed by atoms with E-state index in [1.54, 1.807) is 6.92 Å². The minimum Gasteiger partial charge on any atom is -0.480 e. The standard InChI is InChI=1S/C14H26N2O3/c1-4-12(13(17)18)15-14(19)16(9-10(2)3)11-7-5-6-8-11/h10-12H,4-9H2,1-3H3,(H,15,19)(H,17,18). The molecule has 0 aliphatic heterocycles. The Morgan fingerprint density at radius 2 is 1.89 bits per heavy atom. The van der Waals surface area contributed by atoms with Crippen molar-refractivity contribution >= 4 is 12.0 Å². The Labute approximate surface area is 115 Å². The highest BCUT2D eigenvalue weighted by Crippen LogP contribution is 2.24. The maximum Gasteiger partial charge on any atom is 0.326 e. The lowest BCUT2D eigenvalue weighted by atomic mass is 10.1. The Bertz CT molecular complexity index is 312. The molecule has 0 spiro atoms. The lowest BCUT2D eigenvalue weighted by Gasteiger charge is -2.31. The maximum absolute atomic E-state index is 12.3. The summed E-state index contributed by atoms with van der Waals surface area (Å²) in [6.07, 6.45) is 4.78. The number of rotatable bonds is 6. The molecule has 1 fully saturated rings. The molecule has 0 aromatic heterocycles. The molecule has 1 unspecified atom stereocenters. The topological polar surface area (TPSA) is 69.6 Å². The van der Waals surface area contributed by atoms with Crippen molar-refractivity contribution in [1.29, 1.82) is 0 Å². The van der Waals surface area contributed by atoms with Gasteiger partial charge in [0.05, 0.1) is 0 Å². The molecule has 2 amide bonds. The van der Waals surface area contributed by atoms with E-state index >= 15 is 0 Å². The summed E-state index contributed by atoms with van der Waals surface area (Å²) in [6, 6.07) is -0.743. The zero-order valence-electron chi connectivity index (χ0n) is 12.2. The number of nitrogens with one attached hydrogen (secondary N) is 1. The number of carbonyl (C=O) groups excluding carboxylic acids is 1. The van der Waals surface area contributed by atoms with Crippen LogP contribution in [0.1, 0.15) is 52.9 Å². The maximum atomic E-state index is 12.3. The highest BCUT2D eigenvalue weighted by Gasteiger charge is 2.29. The highest BCUT2D eigenvalue weighted by molar-refractivity contribution is 5.82. The van der Waals surface area contributed by atoms with Crippen LogP contribution in [0.25, 0.3) is 0 Å². The Hall–Kier alpha value is -1.26. The van der Waals surface area contributed by atoms with E-state index in [0.29, 0.717) is 18.9 Å². The van der Waals surface area contributed by atoms with Crippen LogP contribution in [-0.4, -0.2) is 40.6 Å². The number of aliphatic carboxylic acids is 1. The highest BCUT2D eigenvalue weighted by atomic mass is 16.4. The minimum atomic E-state index is -0.966. The van der Waals surface area contributed by atoms with E-state index in [0.717, 1.165) is 25.7 Å². The van der Waals surface area contributed by atoms with Gasteiger partial charge >= 0.3 is 12.0 Å². The third kappa shape index (κ3) is 4.73. The van der Waals surface area contributed by atoms with Crippen LogP contribution in [0.3, 0.4) is 0 Å². The summed E-state index contributed by atoms with van der Waals surface area (Å²) in [5.41, 5.74) is 0. The third-order valence-electron chi connectivity index (χ3n) is 3.59. The van der Waals surface area contributed by atoms with Crippen LogP contribution in [0.4, 0.5) is 4.79 Å². The largest absolute Gasteiger partial charge is 0.480 e. The van der Waals surface area contributed by atoms with Gasteiger partial charge in [0, 0.05) is 12.6 Å². The minimum absolute atomic E-state index is 0.227. The first-order valence-electron chi connectivity index (χ1n) is 7.25. The summed E-state index contributed by atoms with van der Waals surface area (Å²) in [4.78, 5) is 25.1. The summed E-state index contributed by atoms with van der Waals surface area (Å²) in [7, 11) is 0. The van der Waals surface area contributed by atoms with E-state index < -0.39 is 12.0 Å². The van der Waals surface area contributed by atoms with Gasteiger partial charge in [-0.1, -0.05) is 33.6 Å². The molecule has 0 radical (unpaired) electrons. The average molecular weight is 270 g/mol. The van der Waals surface area contributed by atoms with Crippen molar-refractivity contribution in [2.24, 2.45) is 5.92 Å². The van der Waals surface area contributed by atoms with Gasteiger partial charge in [-0.25, -0.2) is 9.59 Å². The zero-order valence-corrected chi connectivity index (χ0v) is 12.2. The predicted molar refractivity (Wildman–Crippen MR) is 74.0 cm³/mol. The number of carbonyl (C=O) groups is 2. The normalized spacial score (nSPS) is 17.5. The van der Waals surface area contributed by atoms with Crippen molar-refractivity contribution in [2.45, 2.75) is 65.0 Å². The number of carboxylic acids is 1. The summed E-state index contributed by atoms with van der Waals surface area (Å²) in [5.74, 6) is -0.581. The molecule has 2 N–H and O–H groups in total. The molecule has 0 heterocycles. The molecule has 0 saturated heterocycles. The molecule has 1 rings (SSSR count). The summed E-state index contributed by atoms with van der Waals surface area (Å²) >= 11 is 0. The molecule has 0 aromatic carbocycles. The van der Waals surface area contributed by atoms with Crippen LogP contribution in [0.5, 0.6) is 0 Å². The van der Waals surface area contributed by atoms with Crippen molar-refractivity contribution in [1.82, 2.24) is 10.2 Å². The van der Waals surface area contributed by atoms with Crippen molar-refractivity contribution in [3.05, 3.63) is 0 Å². The van der Waals surface area contributed by atoms with Crippen LogP contribution in [0, 0.1) is 5.92 Å². The van der Waals surface area contributed by atoms with Crippen molar-refractivity contribution in [3.63, 3.8) is 0 Å². The number of hydrogen-bond acceptors (Lipinski definition) is 2. The lowest BCUT2D eigenvalue weighted by molar-refractivity contribution is -0.139. The van der Waals surface area contributed by atoms with Gasteiger partial charge in [0.15, 0.2) is 0 Å².